The van der Waals surface area contributed by atoms with Crippen LogP contribution in [-0.4, -0.2) is 35.4 Å². The molecule has 0 spiro atoms. The molecule has 0 aliphatic carbocycles. The molecule has 0 fully saturated rings. The summed E-state index contributed by atoms with van der Waals surface area (Å²) in [5.74, 6) is 0.123. The summed E-state index contributed by atoms with van der Waals surface area (Å²) in [4.78, 5) is 23.0. The lowest BCUT2D eigenvalue weighted by Crippen LogP contribution is -2.33. The van der Waals surface area contributed by atoms with Crippen molar-refractivity contribution in [3.8, 4) is 5.75 Å². The molecule has 1 rings (SSSR count). The third-order valence-electron chi connectivity index (χ3n) is 2.10. The zero-order chi connectivity index (χ0) is 13.4. The second-order valence-corrected chi connectivity index (χ2v) is 3.67. The van der Waals surface area contributed by atoms with Gasteiger partial charge in [-0.1, -0.05) is 6.92 Å². The van der Waals surface area contributed by atoms with Crippen LogP contribution < -0.4 is 21.3 Å². The first-order valence-electron chi connectivity index (χ1n) is 5.84. The van der Waals surface area contributed by atoms with Crippen LogP contribution in [0.25, 0.3) is 0 Å². The smallest absolute Gasteiger partial charge is 0.270 e. The maximum atomic E-state index is 11.6. The summed E-state index contributed by atoms with van der Waals surface area (Å²) in [6, 6.07) is 1.29. The Morgan fingerprint density at radius 2 is 2.39 bits per heavy atom. The standard InChI is InChI=1S/C11H18N4O3/c1-2-4-13-10(16)8-15-11(17)6-9(7-14-15)18-5-3-12/h6-7H,2-5,8,12H2,1H3,(H,13,16). The molecule has 0 saturated heterocycles. The number of hydrogen-bond donors (Lipinski definition) is 2. The highest BCUT2D eigenvalue weighted by atomic mass is 16.5. The SMILES string of the molecule is CCCNC(=O)Cn1ncc(OCCN)cc1=O. The summed E-state index contributed by atoms with van der Waals surface area (Å²) in [5, 5.41) is 6.53. The van der Waals surface area contributed by atoms with Gasteiger partial charge >= 0.3 is 0 Å². The van der Waals surface area contributed by atoms with E-state index < -0.39 is 0 Å². The van der Waals surface area contributed by atoms with Gasteiger partial charge in [-0.05, 0) is 6.42 Å². The monoisotopic (exact) mass is 254 g/mol. The molecule has 7 nitrogen and oxygen atoms in total. The summed E-state index contributed by atoms with van der Waals surface area (Å²) in [6.07, 6.45) is 2.24. The normalized spacial score (nSPS) is 10.1. The Kier molecular flexibility index (Phi) is 5.86. The van der Waals surface area contributed by atoms with Gasteiger partial charge in [0.25, 0.3) is 5.56 Å². The molecule has 0 aliphatic heterocycles. The van der Waals surface area contributed by atoms with E-state index in [-0.39, 0.29) is 18.0 Å². The summed E-state index contributed by atoms with van der Waals surface area (Å²) in [6.45, 7) is 3.14. The Labute approximate surface area is 105 Å². The summed E-state index contributed by atoms with van der Waals surface area (Å²) >= 11 is 0. The predicted octanol–water partition coefficient (Wildman–Crippen LogP) is -0.893. The quantitative estimate of drug-likeness (QED) is 0.657. The van der Waals surface area contributed by atoms with Crippen molar-refractivity contribution in [1.82, 2.24) is 15.1 Å². The van der Waals surface area contributed by atoms with Crippen molar-refractivity contribution in [3.05, 3.63) is 22.6 Å². The summed E-state index contributed by atoms with van der Waals surface area (Å²) in [7, 11) is 0. The van der Waals surface area contributed by atoms with E-state index in [0.29, 0.717) is 25.4 Å². The third kappa shape index (κ3) is 4.54. The van der Waals surface area contributed by atoms with Gasteiger partial charge in [0.2, 0.25) is 5.91 Å². The van der Waals surface area contributed by atoms with Crippen molar-refractivity contribution in [1.29, 1.82) is 0 Å². The molecule has 18 heavy (non-hydrogen) atoms. The number of carbonyl (C=O) groups is 1. The van der Waals surface area contributed by atoms with Gasteiger partial charge in [0.15, 0.2) is 0 Å². The van der Waals surface area contributed by atoms with Gasteiger partial charge in [0.1, 0.15) is 18.9 Å². The Morgan fingerprint density at radius 1 is 1.61 bits per heavy atom. The Morgan fingerprint density at radius 3 is 3.00 bits per heavy atom. The van der Waals surface area contributed by atoms with E-state index in [0.717, 1.165) is 11.1 Å². The van der Waals surface area contributed by atoms with Crippen molar-refractivity contribution in [2.45, 2.75) is 19.9 Å². The van der Waals surface area contributed by atoms with Gasteiger partial charge in [-0.2, -0.15) is 5.10 Å². The van der Waals surface area contributed by atoms with Crippen molar-refractivity contribution in [3.63, 3.8) is 0 Å². The van der Waals surface area contributed by atoms with Crippen LogP contribution in [0.2, 0.25) is 0 Å². The van der Waals surface area contributed by atoms with E-state index in [1.54, 1.807) is 0 Å². The zero-order valence-corrected chi connectivity index (χ0v) is 10.4. The summed E-state index contributed by atoms with van der Waals surface area (Å²) < 4.78 is 6.24. The van der Waals surface area contributed by atoms with Gasteiger partial charge < -0.3 is 15.8 Å². The number of amides is 1. The van der Waals surface area contributed by atoms with Gasteiger partial charge in [-0.15, -0.1) is 0 Å². The number of hydrogen-bond acceptors (Lipinski definition) is 5. The molecular formula is C11H18N4O3. The van der Waals surface area contributed by atoms with Gasteiger partial charge in [-0.3, -0.25) is 9.59 Å². The van der Waals surface area contributed by atoms with Crippen LogP contribution in [0.15, 0.2) is 17.1 Å². The second kappa shape index (κ2) is 7.44. The van der Waals surface area contributed by atoms with E-state index in [4.69, 9.17) is 10.5 Å². The molecule has 1 heterocycles. The molecule has 7 heteroatoms. The number of aromatic nitrogens is 2. The fraction of sp³-hybridized carbons (Fsp3) is 0.545. The second-order valence-electron chi connectivity index (χ2n) is 3.67. The maximum absolute atomic E-state index is 11.6. The molecular weight excluding hydrogens is 236 g/mol. The molecule has 0 aromatic carbocycles. The molecule has 0 aliphatic rings. The van der Waals surface area contributed by atoms with E-state index in [1.807, 2.05) is 6.92 Å². The van der Waals surface area contributed by atoms with E-state index in [1.165, 1.54) is 12.3 Å². The Hall–Kier alpha value is -1.89. The number of nitrogens with two attached hydrogens (primary N) is 1. The van der Waals surface area contributed by atoms with Crippen LogP contribution in [0.3, 0.4) is 0 Å². The lowest BCUT2D eigenvalue weighted by molar-refractivity contribution is -0.121. The average Bonchev–Trinajstić information content (AvgIpc) is 2.36. The summed E-state index contributed by atoms with van der Waals surface area (Å²) in [5.41, 5.74) is 4.90. The number of rotatable bonds is 7. The molecule has 1 aromatic rings. The number of nitrogens with zero attached hydrogens (tertiary/aromatic N) is 2. The molecule has 100 valence electrons. The van der Waals surface area contributed by atoms with Crippen LogP contribution in [0.1, 0.15) is 13.3 Å². The van der Waals surface area contributed by atoms with Gasteiger partial charge in [0, 0.05) is 19.2 Å². The average molecular weight is 254 g/mol. The predicted molar refractivity (Wildman–Crippen MR) is 66.3 cm³/mol. The van der Waals surface area contributed by atoms with Gasteiger partial charge in [0.05, 0.1) is 6.20 Å². The minimum absolute atomic E-state index is 0.0873. The van der Waals surface area contributed by atoms with Crippen LogP contribution in [0, 0.1) is 0 Å². The lowest BCUT2D eigenvalue weighted by atomic mass is 10.4. The highest BCUT2D eigenvalue weighted by Gasteiger charge is 2.05. The molecule has 0 saturated carbocycles. The minimum Gasteiger partial charge on any atom is -0.490 e. The fourth-order valence-electron chi connectivity index (χ4n) is 1.25. The molecule has 0 unspecified atom stereocenters. The van der Waals surface area contributed by atoms with Crippen LogP contribution >= 0.6 is 0 Å². The molecule has 0 bridgehead atoms. The lowest BCUT2D eigenvalue weighted by Gasteiger charge is -2.07. The number of carbonyl (C=O) groups excluding carboxylic acids is 1. The van der Waals surface area contributed by atoms with Crippen LogP contribution in [0.5, 0.6) is 5.75 Å². The first-order chi connectivity index (χ1) is 8.67. The Balaban J connectivity index is 2.62. The first kappa shape index (κ1) is 14.2. The molecule has 3 N–H and O–H groups in total. The van der Waals surface area contributed by atoms with Crippen molar-refractivity contribution in [2.75, 3.05) is 19.7 Å². The largest absolute Gasteiger partial charge is 0.490 e. The van der Waals surface area contributed by atoms with Crippen molar-refractivity contribution in [2.24, 2.45) is 5.73 Å². The fourth-order valence-corrected chi connectivity index (χ4v) is 1.25. The molecule has 1 amide bonds. The van der Waals surface area contributed by atoms with Crippen molar-refractivity contribution >= 4 is 5.91 Å². The highest BCUT2D eigenvalue weighted by Crippen LogP contribution is 2.02. The molecule has 1 aromatic heterocycles. The van der Waals surface area contributed by atoms with E-state index in [9.17, 15) is 9.59 Å². The van der Waals surface area contributed by atoms with E-state index in [2.05, 4.69) is 10.4 Å². The first-order valence-corrected chi connectivity index (χ1v) is 5.84. The van der Waals surface area contributed by atoms with Crippen LogP contribution in [0.4, 0.5) is 0 Å². The topological polar surface area (TPSA) is 99.2 Å². The molecule has 0 atom stereocenters. The Bertz CT molecular complexity index is 444. The minimum atomic E-state index is -0.379. The number of nitrogens with one attached hydrogen (secondary N) is 1. The van der Waals surface area contributed by atoms with E-state index >= 15 is 0 Å². The number of ether oxygens (including phenoxy) is 1. The van der Waals surface area contributed by atoms with Crippen molar-refractivity contribution < 1.29 is 9.53 Å². The van der Waals surface area contributed by atoms with Gasteiger partial charge in [-0.25, -0.2) is 4.68 Å². The zero-order valence-electron chi connectivity index (χ0n) is 10.4. The van der Waals surface area contributed by atoms with Crippen LogP contribution in [-0.2, 0) is 11.3 Å². The highest BCUT2D eigenvalue weighted by molar-refractivity contribution is 5.75. The third-order valence-corrected chi connectivity index (χ3v) is 2.10. The maximum Gasteiger partial charge on any atom is 0.270 e. The molecule has 0 radical (unpaired) electrons.